The van der Waals surface area contributed by atoms with Gasteiger partial charge in [-0.1, -0.05) is 48.5 Å². The molecule has 2 nitrogen and oxygen atoms in total. The lowest BCUT2D eigenvalue weighted by atomic mass is 9.89. The van der Waals surface area contributed by atoms with Crippen LogP contribution in [-0.2, 0) is 22.4 Å². The van der Waals surface area contributed by atoms with E-state index >= 15 is 0 Å². The molecule has 98 valence electrons. The summed E-state index contributed by atoms with van der Waals surface area (Å²) in [5.74, 6) is 0. The van der Waals surface area contributed by atoms with Crippen molar-refractivity contribution in [2.45, 2.75) is 12.8 Å². The second-order valence-corrected chi connectivity index (χ2v) is 4.79. The highest BCUT2D eigenvalue weighted by atomic mass is 16.1. The minimum absolute atomic E-state index is 0.391. The van der Waals surface area contributed by atoms with Crippen LogP contribution < -0.4 is 0 Å². The van der Waals surface area contributed by atoms with E-state index in [1.165, 1.54) is 0 Å². The Bertz CT molecular complexity index is 678. The normalized spacial score (nSPS) is 10.8. The van der Waals surface area contributed by atoms with Crippen LogP contribution in [0.5, 0.6) is 0 Å². The summed E-state index contributed by atoms with van der Waals surface area (Å²) in [6, 6.07) is 16.0. The minimum atomic E-state index is 0.391. The zero-order valence-corrected chi connectivity index (χ0v) is 11.0. The summed E-state index contributed by atoms with van der Waals surface area (Å²) >= 11 is 0. The van der Waals surface area contributed by atoms with Crippen LogP contribution in [0.25, 0.3) is 21.5 Å². The van der Waals surface area contributed by atoms with E-state index in [1.807, 2.05) is 48.5 Å². The van der Waals surface area contributed by atoms with E-state index in [9.17, 15) is 9.59 Å². The van der Waals surface area contributed by atoms with Crippen LogP contribution in [0.1, 0.15) is 11.1 Å². The van der Waals surface area contributed by atoms with E-state index in [0.717, 1.165) is 45.2 Å². The average Bonchev–Trinajstić information content (AvgIpc) is 2.50. The zero-order valence-electron chi connectivity index (χ0n) is 11.0. The van der Waals surface area contributed by atoms with Crippen molar-refractivity contribution >= 4 is 34.1 Å². The molecule has 0 heterocycles. The van der Waals surface area contributed by atoms with Crippen LogP contribution in [0.15, 0.2) is 48.5 Å². The van der Waals surface area contributed by atoms with Gasteiger partial charge in [-0.3, -0.25) is 0 Å². The molecular weight excluding hydrogens is 248 g/mol. The van der Waals surface area contributed by atoms with Gasteiger partial charge in [0.2, 0.25) is 0 Å². The molecule has 0 spiro atoms. The van der Waals surface area contributed by atoms with Crippen molar-refractivity contribution < 1.29 is 9.59 Å². The van der Waals surface area contributed by atoms with Gasteiger partial charge in [-0.25, -0.2) is 0 Å². The molecule has 0 aliphatic carbocycles. The first-order valence-electron chi connectivity index (χ1n) is 6.65. The van der Waals surface area contributed by atoms with Gasteiger partial charge in [-0.05, 0) is 32.7 Å². The third-order valence-corrected chi connectivity index (χ3v) is 3.73. The van der Waals surface area contributed by atoms with Gasteiger partial charge in [0.25, 0.3) is 0 Å². The topological polar surface area (TPSA) is 34.1 Å². The van der Waals surface area contributed by atoms with Gasteiger partial charge in [0.1, 0.15) is 12.6 Å². The molecular formula is C18H14O2. The summed E-state index contributed by atoms with van der Waals surface area (Å²) in [5.41, 5.74) is 2.08. The Hall–Kier alpha value is -2.48. The summed E-state index contributed by atoms with van der Waals surface area (Å²) in [4.78, 5) is 22.0. The van der Waals surface area contributed by atoms with Gasteiger partial charge in [0.15, 0.2) is 0 Å². The molecule has 0 aliphatic heterocycles. The quantitative estimate of drug-likeness (QED) is 0.533. The Kier molecular flexibility index (Phi) is 3.30. The molecule has 0 saturated heterocycles. The van der Waals surface area contributed by atoms with Crippen molar-refractivity contribution in [3.63, 3.8) is 0 Å². The molecule has 3 aromatic rings. The molecule has 3 aromatic carbocycles. The van der Waals surface area contributed by atoms with Crippen LogP contribution in [0.3, 0.4) is 0 Å². The highest BCUT2D eigenvalue weighted by Crippen LogP contribution is 2.33. The molecule has 0 aromatic heterocycles. The molecule has 0 aliphatic rings. The van der Waals surface area contributed by atoms with Crippen molar-refractivity contribution in [2.75, 3.05) is 0 Å². The molecule has 2 heteroatoms. The summed E-state index contributed by atoms with van der Waals surface area (Å²) in [7, 11) is 0. The van der Waals surface area contributed by atoms with Gasteiger partial charge in [-0.15, -0.1) is 0 Å². The number of hydrogen-bond donors (Lipinski definition) is 0. The van der Waals surface area contributed by atoms with Crippen molar-refractivity contribution in [3.05, 3.63) is 59.7 Å². The molecule has 0 bridgehead atoms. The Labute approximate surface area is 117 Å². The smallest absolute Gasteiger partial charge is 0.124 e. The third-order valence-electron chi connectivity index (χ3n) is 3.73. The monoisotopic (exact) mass is 262 g/mol. The number of carbonyl (C=O) groups excluding carboxylic acids is 2. The lowest BCUT2D eigenvalue weighted by Gasteiger charge is -2.14. The largest absolute Gasteiger partial charge is 0.303 e. The number of carbonyl (C=O) groups is 2. The van der Waals surface area contributed by atoms with Crippen molar-refractivity contribution in [2.24, 2.45) is 0 Å². The molecule has 0 radical (unpaired) electrons. The van der Waals surface area contributed by atoms with Crippen molar-refractivity contribution in [3.8, 4) is 0 Å². The standard InChI is InChI=1S/C18H14O2/c19-11-9-17-13-5-1-2-6-14(13)18(10-12-20)16-8-4-3-7-15(16)17/h1-8,11-12H,9-10H2. The van der Waals surface area contributed by atoms with E-state index in [2.05, 4.69) is 0 Å². The fourth-order valence-corrected chi connectivity index (χ4v) is 2.92. The molecule has 0 atom stereocenters. The summed E-state index contributed by atoms with van der Waals surface area (Å²) in [6.45, 7) is 0. The maximum atomic E-state index is 11.0. The van der Waals surface area contributed by atoms with Gasteiger partial charge in [-0.2, -0.15) is 0 Å². The van der Waals surface area contributed by atoms with Crippen molar-refractivity contribution in [1.82, 2.24) is 0 Å². The fraction of sp³-hybridized carbons (Fsp3) is 0.111. The summed E-state index contributed by atoms with van der Waals surface area (Å²) < 4.78 is 0. The number of rotatable bonds is 4. The lowest BCUT2D eigenvalue weighted by molar-refractivity contribution is -0.108. The van der Waals surface area contributed by atoms with E-state index in [0.29, 0.717) is 12.8 Å². The van der Waals surface area contributed by atoms with Gasteiger partial charge >= 0.3 is 0 Å². The number of benzene rings is 3. The first-order valence-corrected chi connectivity index (χ1v) is 6.65. The predicted octanol–water partition coefficient (Wildman–Crippen LogP) is 3.48. The van der Waals surface area contributed by atoms with Crippen LogP contribution in [0, 0.1) is 0 Å². The van der Waals surface area contributed by atoms with Crippen LogP contribution >= 0.6 is 0 Å². The van der Waals surface area contributed by atoms with Gasteiger partial charge < -0.3 is 9.59 Å². The molecule has 0 amide bonds. The molecule has 0 fully saturated rings. The van der Waals surface area contributed by atoms with Gasteiger partial charge in [0.05, 0.1) is 0 Å². The first-order chi connectivity index (χ1) is 9.86. The molecule has 0 saturated carbocycles. The van der Waals surface area contributed by atoms with Crippen LogP contribution in [0.2, 0.25) is 0 Å². The zero-order chi connectivity index (χ0) is 13.9. The fourth-order valence-electron chi connectivity index (χ4n) is 2.92. The second-order valence-electron chi connectivity index (χ2n) is 4.79. The highest BCUT2D eigenvalue weighted by molar-refractivity contribution is 6.07. The maximum Gasteiger partial charge on any atom is 0.124 e. The number of fused-ring (bicyclic) bond motifs is 2. The predicted molar refractivity (Wildman–Crippen MR) is 81.0 cm³/mol. The van der Waals surface area contributed by atoms with E-state index in [1.54, 1.807) is 0 Å². The Morgan fingerprint density at radius 3 is 1.15 bits per heavy atom. The minimum Gasteiger partial charge on any atom is -0.303 e. The molecule has 0 unspecified atom stereocenters. The summed E-state index contributed by atoms with van der Waals surface area (Å²) in [6.07, 6.45) is 2.66. The first kappa shape index (κ1) is 12.5. The summed E-state index contributed by atoms with van der Waals surface area (Å²) in [5, 5.41) is 4.26. The lowest BCUT2D eigenvalue weighted by Crippen LogP contribution is -1.97. The Morgan fingerprint density at radius 1 is 0.600 bits per heavy atom. The van der Waals surface area contributed by atoms with E-state index in [-0.39, 0.29) is 0 Å². The van der Waals surface area contributed by atoms with Crippen LogP contribution in [0.4, 0.5) is 0 Å². The number of aldehydes is 2. The average molecular weight is 262 g/mol. The SMILES string of the molecule is O=CCc1c2ccccc2c(CC=O)c2ccccc12. The van der Waals surface area contributed by atoms with E-state index in [4.69, 9.17) is 0 Å². The molecule has 20 heavy (non-hydrogen) atoms. The highest BCUT2D eigenvalue weighted by Gasteiger charge is 2.12. The van der Waals surface area contributed by atoms with E-state index < -0.39 is 0 Å². The maximum absolute atomic E-state index is 11.0. The third kappa shape index (κ3) is 1.90. The Morgan fingerprint density at radius 2 is 0.900 bits per heavy atom. The molecule has 0 N–H and O–H groups in total. The molecule has 3 rings (SSSR count). The van der Waals surface area contributed by atoms with Crippen LogP contribution in [-0.4, -0.2) is 12.6 Å². The van der Waals surface area contributed by atoms with Crippen molar-refractivity contribution in [1.29, 1.82) is 0 Å². The number of hydrogen-bond acceptors (Lipinski definition) is 2. The van der Waals surface area contributed by atoms with Gasteiger partial charge in [0, 0.05) is 12.8 Å². The second kappa shape index (κ2) is 5.25. The Balaban J connectivity index is 2.53.